The van der Waals surface area contributed by atoms with Crippen molar-refractivity contribution in [3.8, 4) is 0 Å². The monoisotopic (exact) mass is 266 g/mol. The van der Waals surface area contributed by atoms with Crippen LogP contribution in [0.3, 0.4) is 0 Å². The van der Waals surface area contributed by atoms with Gasteiger partial charge in [-0.1, -0.05) is 6.07 Å². The number of hydrogen-bond acceptors (Lipinski definition) is 4. The molecule has 6 heteroatoms. The molecule has 18 heavy (non-hydrogen) atoms. The van der Waals surface area contributed by atoms with Crippen LogP contribution in [-0.2, 0) is 14.6 Å². The number of carbonyl (C=O) groups excluding carboxylic acids is 1. The lowest BCUT2D eigenvalue weighted by molar-refractivity contribution is -0.117. The van der Waals surface area contributed by atoms with Crippen molar-refractivity contribution < 1.29 is 13.2 Å². The van der Waals surface area contributed by atoms with E-state index in [9.17, 15) is 13.2 Å². The summed E-state index contributed by atoms with van der Waals surface area (Å²) >= 11 is 0. The van der Waals surface area contributed by atoms with E-state index in [1.54, 1.807) is 0 Å². The highest BCUT2D eigenvalue weighted by Crippen LogP contribution is 2.34. The summed E-state index contributed by atoms with van der Waals surface area (Å²) in [7, 11) is -3.10. The van der Waals surface area contributed by atoms with Crippen molar-refractivity contribution in [3.05, 3.63) is 23.8 Å². The van der Waals surface area contributed by atoms with E-state index < -0.39 is 15.9 Å². The topological polar surface area (TPSA) is 66.5 Å². The van der Waals surface area contributed by atoms with E-state index in [0.29, 0.717) is 6.54 Å². The van der Waals surface area contributed by atoms with Crippen molar-refractivity contribution in [1.29, 1.82) is 0 Å². The van der Waals surface area contributed by atoms with Gasteiger partial charge in [0.05, 0.1) is 22.9 Å². The molecular formula is C12H14N2O3S. The smallest absolute Gasteiger partial charge is 0.248 e. The van der Waals surface area contributed by atoms with Gasteiger partial charge < -0.3 is 10.2 Å². The Hall–Kier alpha value is -1.56. The number of nitrogens with one attached hydrogen (secondary N) is 1. The molecule has 2 aliphatic heterocycles. The third kappa shape index (κ3) is 1.77. The molecule has 0 aromatic heterocycles. The minimum absolute atomic E-state index is 0.0911. The Balaban J connectivity index is 2.06. The van der Waals surface area contributed by atoms with Crippen LogP contribution in [0.15, 0.2) is 18.2 Å². The van der Waals surface area contributed by atoms with Gasteiger partial charge in [0.1, 0.15) is 6.04 Å². The molecule has 0 aliphatic carbocycles. The number of sulfone groups is 1. The molecule has 1 aromatic rings. The first-order chi connectivity index (χ1) is 8.46. The number of benzene rings is 1. The van der Waals surface area contributed by atoms with E-state index in [1.807, 2.05) is 30.0 Å². The summed E-state index contributed by atoms with van der Waals surface area (Å²) in [6, 6.07) is 5.23. The number of hydrogen-bond donors (Lipinski definition) is 1. The molecule has 96 valence electrons. The maximum absolute atomic E-state index is 12.0. The van der Waals surface area contributed by atoms with Crippen LogP contribution in [0.1, 0.15) is 5.56 Å². The Bertz CT molecular complexity index is 624. The molecule has 0 saturated carbocycles. The fourth-order valence-corrected chi connectivity index (χ4v) is 3.98. The Morgan fingerprint density at radius 1 is 1.39 bits per heavy atom. The molecule has 1 amide bonds. The third-order valence-corrected chi connectivity index (χ3v) is 5.08. The average molecular weight is 266 g/mol. The highest BCUT2D eigenvalue weighted by Gasteiger charge is 2.39. The molecule has 1 atom stereocenters. The lowest BCUT2D eigenvalue weighted by Crippen LogP contribution is -2.56. The number of anilines is 2. The van der Waals surface area contributed by atoms with E-state index in [4.69, 9.17) is 0 Å². The SMILES string of the molecule is Cc1ccc2c(c1)NC(=O)C1CS(=O)(=O)CCN21. The van der Waals surface area contributed by atoms with Crippen molar-refractivity contribution in [3.63, 3.8) is 0 Å². The zero-order valence-corrected chi connectivity index (χ0v) is 10.8. The minimum Gasteiger partial charge on any atom is -0.356 e. The zero-order chi connectivity index (χ0) is 12.9. The second-order valence-corrected chi connectivity index (χ2v) is 7.06. The normalized spacial score (nSPS) is 25.1. The van der Waals surface area contributed by atoms with Gasteiger partial charge in [-0.15, -0.1) is 0 Å². The fourth-order valence-electron chi connectivity index (χ4n) is 2.53. The first kappa shape index (κ1) is 11.5. The van der Waals surface area contributed by atoms with Gasteiger partial charge in [-0.2, -0.15) is 0 Å². The Morgan fingerprint density at radius 2 is 2.17 bits per heavy atom. The van der Waals surface area contributed by atoms with Gasteiger partial charge in [-0.05, 0) is 24.6 Å². The van der Waals surface area contributed by atoms with Crippen LogP contribution in [0.4, 0.5) is 11.4 Å². The summed E-state index contributed by atoms with van der Waals surface area (Å²) < 4.78 is 23.2. The summed E-state index contributed by atoms with van der Waals surface area (Å²) in [6.45, 7) is 2.34. The highest BCUT2D eigenvalue weighted by molar-refractivity contribution is 7.91. The molecule has 1 aromatic carbocycles. The Kier molecular flexibility index (Phi) is 2.38. The second kappa shape index (κ2) is 3.71. The molecule has 0 radical (unpaired) electrons. The van der Waals surface area contributed by atoms with E-state index in [-0.39, 0.29) is 17.4 Å². The van der Waals surface area contributed by atoms with Gasteiger partial charge in [-0.3, -0.25) is 4.79 Å². The molecule has 0 spiro atoms. The highest BCUT2D eigenvalue weighted by atomic mass is 32.2. The summed E-state index contributed by atoms with van der Waals surface area (Å²) in [6.07, 6.45) is 0. The van der Waals surface area contributed by atoms with Crippen LogP contribution in [0.2, 0.25) is 0 Å². The van der Waals surface area contributed by atoms with E-state index in [2.05, 4.69) is 5.32 Å². The fraction of sp³-hybridized carbons (Fsp3) is 0.417. The van der Waals surface area contributed by atoms with Gasteiger partial charge in [-0.25, -0.2) is 8.42 Å². The van der Waals surface area contributed by atoms with Crippen LogP contribution in [0.5, 0.6) is 0 Å². The minimum atomic E-state index is -3.10. The summed E-state index contributed by atoms with van der Waals surface area (Å²) in [5.41, 5.74) is 2.76. The van der Waals surface area contributed by atoms with Gasteiger partial charge in [0.15, 0.2) is 9.84 Å². The predicted molar refractivity (Wildman–Crippen MR) is 69.6 cm³/mol. The van der Waals surface area contributed by atoms with Gasteiger partial charge >= 0.3 is 0 Å². The van der Waals surface area contributed by atoms with Crippen molar-refractivity contribution in [2.75, 3.05) is 28.3 Å². The van der Waals surface area contributed by atoms with Crippen LogP contribution in [-0.4, -0.2) is 38.4 Å². The average Bonchev–Trinajstić information content (AvgIpc) is 2.28. The van der Waals surface area contributed by atoms with Crippen LogP contribution >= 0.6 is 0 Å². The quantitative estimate of drug-likeness (QED) is 0.744. The van der Waals surface area contributed by atoms with E-state index in [0.717, 1.165) is 16.9 Å². The predicted octanol–water partition coefficient (Wildman–Crippen LogP) is 0.551. The molecule has 1 unspecified atom stereocenters. The molecule has 2 heterocycles. The standard InChI is InChI=1S/C12H14N2O3S/c1-8-2-3-10-9(6-8)13-12(15)11-7-18(16,17)5-4-14(10)11/h2-3,6,11H,4-5,7H2,1H3,(H,13,15). The first-order valence-corrected chi connectivity index (χ1v) is 7.67. The molecule has 1 fully saturated rings. The number of fused-ring (bicyclic) bond motifs is 3. The summed E-state index contributed by atoms with van der Waals surface area (Å²) in [4.78, 5) is 13.9. The number of aryl methyl sites for hydroxylation is 1. The van der Waals surface area contributed by atoms with Crippen molar-refractivity contribution in [2.45, 2.75) is 13.0 Å². The second-order valence-electron chi connectivity index (χ2n) is 4.83. The molecule has 2 aliphatic rings. The van der Waals surface area contributed by atoms with E-state index >= 15 is 0 Å². The largest absolute Gasteiger partial charge is 0.356 e. The van der Waals surface area contributed by atoms with Crippen LogP contribution < -0.4 is 10.2 Å². The first-order valence-electron chi connectivity index (χ1n) is 5.85. The number of nitrogens with zero attached hydrogens (tertiary/aromatic N) is 1. The molecule has 3 rings (SSSR count). The molecule has 1 N–H and O–H groups in total. The summed E-state index contributed by atoms with van der Waals surface area (Å²) in [5.74, 6) is -0.202. The van der Waals surface area contributed by atoms with Crippen molar-refractivity contribution in [1.82, 2.24) is 0 Å². The summed E-state index contributed by atoms with van der Waals surface area (Å²) in [5, 5.41) is 2.79. The maximum Gasteiger partial charge on any atom is 0.248 e. The van der Waals surface area contributed by atoms with E-state index in [1.165, 1.54) is 0 Å². The Morgan fingerprint density at radius 3 is 2.94 bits per heavy atom. The molecular weight excluding hydrogens is 252 g/mol. The number of rotatable bonds is 0. The molecule has 1 saturated heterocycles. The van der Waals surface area contributed by atoms with Gasteiger partial charge in [0.25, 0.3) is 0 Å². The lowest BCUT2D eigenvalue weighted by atomic mass is 10.1. The maximum atomic E-state index is 12.0. The lowest BCUT2D eigenvalue weighted by Gasteiger charge is -2.40. The molecule has 0 bridgehead atoms. The zero-order valence-electron chi connectivity index (χ0n) is 10.0. The van der Waals surface area contributed by atoms with Crippen LogP contribution in [0, 0.1) is 6.92 Å². The third-order valence-electron chi connectivity index (χ3n) is 3.45. The van der Waals surface area contributed by atoms with Crippen molar-refractivity contribution in [2.24, 2.45) is 0 Å². The van der Waals surface area contributed by atoms with Crippen LogP contribution in [0.25, 0.3) is 0 Å². The van der Waals surface area contributed by atoms with Gasteiger partial charge in [0.2, 0.25) is 5.91 Å². The van der Waals surface area contributed by atoms with Gasteiger partial charge in [0, 0.05) is 6.54 Å². The number of carbonyl (C=O) groups is 1. The van der Waals surface area contributed by atoms with Crippen molar-refractivity contribution >= 4 is 27.1 Å². The molecule has 5 nitrogen and oxygen atoms in total. The Labute approximate surface area is 106 Å². The number of amides is 1.